The van der Waals surface area contributed by atoms with E-state index in [2.05, 4.69) is 38.7 Å². The molecule has 0 N–H and O–H groups in total. The van der Waals surface area contributed by atoms with Gasteiger partial charge in [-0.05, 0) is 36.9 Å². The molecule has 0 saturated heterocycles. The number of nitrogens with zero attached hydrogens (tertiary/aromatic N) is 1. The summed E-state index contributed by atoms with van der Waals surface area (Å²) in [6.45, 7) is 6.26. The molecule has 2 heterocycles. The minimum absolute atomic E-state index is 0.0630. The van der Waals surface area contributed by atoms with Crippen LogP contribution in [0, 0.1) is 13.8 Å². The maximum absolute atomic E-state index is 7.49. The average Bonchev–Trinajstić information content (AvgIpc) is 2.72. The van der Waals surface area contributed by atoms with Crippen LogP contribution in [0.1, 0.15) is 41.7 Å². The fourth-order valence-corrected chi connectivity index (χ4v) is 2.75. The van der Waals surface area contributed by atoms with Gasteiger partial charge in [0.2, 0.25) is 5.71 Å². The van der Waals surface area contributed by atoms with Crippen LogP contribution in [0.15, 0.2) is 28.7 Å². The fourth-order valence-electron chi connectivity index (χ4n) is 2.75. The van der Waals surface area contributed by atoms with E-state index in [1.165, 1.54) is 0 Å². The van der Waals surface area contributed by atoms with Crippen LogP contribution in [0.25, 0.3) is 22.1 Å². The van der Waals surface area contributed by atoms with Crippen LogP contribution in [-0.2, 0) is 5.41 Å². The number of rotatable bonds is 0. The van der Waals surface area contributed by atoms with Crippen LogP contribution in [0.4, 0.5) is 0 Å². The smallest absolute Gasteiger partial charge is 0.227 e. The van der Waals surface area contributed by atoms with E-state index in [-0.39, 0.29) is 11.1 Å². The van der Waals surface area contributed by atoms with Crippen LogP contribution < -0.4 is 0 Å². The van der Waals surface area contributed by atoms with Crippen molar-refractivity contribution in [3.8, 4) is 0 Å². The number of hydrogen-bond acceptors (Lipinski definition) is 2. The predicted octanol–water partition coefficient (Wildman–Crippen LogP) is 4.90. The Hall–Kier alpha value is -1.83. The van der Waals surface area contributed by atoms with E-state index in [0.29, 0.717) is 5.71 Å². The third kappa shape index (κ3) is 1.83. The molecule has 2 heteroatoms. The number of aryl methyl sites for hydroxylation is 2. The quantitative estimate of drug-likeness (QED) is 0.572. The van der Waals surface area contributed by atoms with E-state index in [9.17, 15) is 0 Å². The van der Waals surface area contributed by atoms with Crippen molar-refractivity contribution in [1.29, 1.82) is 0 Å². The molecule has 0 aliphatic carbocycles. The van der Waals surface area contributed by atoms with E-state index in [1.807, 2.05) is 6.07 Å². The summed E-state index contributed by atoms with van der Waals surface area (Å²) < 4.78 is 28.4. The molecule has 0 saturated carbocycles. The average molecular weight is 256 g/mol. The zero-order valence-electron chi connectivity index (χ0n) is 14.7. The maximum atomic E-state index is 7.49. The molecule has 2 aromatic heterocycles. The van der Waals surface area contributed by atoms with Crippen LogP contribution in [-0.4, -0.2) is 4.98 Å². The second-order valence-corrected chi connectivity index (χ2v) is 6.04. The number of benzene rings is 1. The first-order chi connectivity index (χ1) is 10.1. The lowest BCUT2D eigenvalue weighted by atomic mass is 9.83. The normalized spacial score (nSPS) is 15.5. The second kappa shape index (κ2) is 3.83. The first-order valence-corrected chi connectivity index (χ1v) is 6.43. The fraction of sp³-hybridized carbons (Fsp3) is 0.353. The van der Waals surface area contributed by atoms with Crippen LogP contribution in [0.2, 0.25) is 0 Å². The van der Waals surface area contributed by atoms with Crippen molar-refractivity contribution in [3.05, 3.63) is 41.1 Å². The Kier molecular flexibility index (Phi) is 1.84. The van der Waals surface area contributed by atoms with Gasteiger partial charge in [0.25, 0.3) is 0 Å². The van der Waals surface area contributed by atoms with Crippen molar-refractivity contribution >= 4 is 22.1 Å². The number of fused-ring (bicyclic) bond motifs is 3. The van der Waals surface area contributed by atoms with Crippen LogP contribution in [0.3, 0.4) is 0 Å². The SMILES string of the molecule is [2H]C([2H])([2H])c1ccc2c(n1)oc1c(C(C)(C)C)c(C)ccc12. The number of furan rings is 1. The van der Waals surface area contributed by atoms with Crippen molar-refractivity contribution in [1.82, 2.24) is 4.98 Å². The van der Waals surface area contributed by atoms with E-state index in [1.54, 1.807) is 12.1 Å². The summed E-state index contributed by atoms with van der Waals surface area (Å²) in [6, 6.07) is 7.44. The molecule has 0 radical (unpaired) electrons. The van der Waals surface area contributed by atoms with Gasteiger partial charge in [0.15, 0.2) is 0 Å². The van der Waals surface area contributed by atoms with E-state index in [4.69, 9.17) is 8.53 Å². The van der Waals surface area contributed by atoms with Crippen LogP contribution in [0.5, 0.6) is 0 Å². The third-order valence-corrected chi connectivity index (χ3v) is 3.47. The molecular formula is C17H19NO. The lowest BCUT2D eigenvalue weighted by Crippen LogP contribution is -2.13. The molecule has 0 aliphatic rings. The molecular weight excluding hydrogens is 234 g/mol. The monoisotopic (exact) mass is 256 g/mol. The van der Waals surface area contributed by atoms with Crippen molar-refractivity contribution in [3.63, 3.8) is 0 Å². The van der Waals surface area contributed by atoms with Gasteiger partial charge in [0.1, 0.15) is 5.58 Å². The first-order valence-electron chi connectivity index (χ1n) is 7.93. The molecule has 0 bridgehead atoms. The summed E-state index contributed by atoms with van der Waals surface area (Å²) >= 11 is 0. The van der Waals surface area contributed by atoms with Crippen molar-refractivity contribution in [2.75, 3.05) is 0 Å². The Morgan fingerprint density at radius 2 is 1.84 bits per heavy atom. The highest BCUT2D eigenvalue weighted by Crippen LogP contribution is 2.37. The van der Waals surface area contributed by atoms with Gasteiger partial charge in [0.05, 0.1) is 0 Å². The molecule has 19 heavy (non-hydrogen) atoms. The Balaban J connectivity index is 2.39. The summed E-state index contributed by atoms with van der Waals surface area (Å²) in [5, 5.41) is 1.84. The van der Waals surface area contributed by atoms with E-state index < -0.39 is 6.85 Å². The van der Waals surface area contributed by atoms with Crippen molar-refractivity contribution in [2.24, 2.45) is 0 Å². The molecule has 0 fully saturated rings. The van der Waals surface area contributed by atoms with Gasteiger partial charge in [-0.3, -0.25) is 0 Å². The van der Waals surface area contributed by atoms with Gasteiger partial charge in [0, 0.05) is 26.1 Å². The van der Waals surface area contributed by atoms with Gasteiger partial charge in [-0.1, -0.05) is 32.9 Å². The predicted molar refractivity (Wildman–Crippen MR) is 79.7 cm³/mol. The summed E-state index contributed by atoms with van der Waals surface area (Å²) in [5.74, 6) is 0. The summed E-state index contributed by atoms with van der Waals surface area (Å²) in [5.41, 5.74) is 3.49. The largest absolute Gasteiger partial charge is 0.437 e. The molecule has 98 valence electrons. The first kappa shape index (κ1) is 9.13. The lowest BCUT2D eigenvalue weighted by Gasteiger charge is -2.21. The van der Waals surface area contributed by atoms with Crippen LogP contribution >= 0.6 is 0 Å². The molecule has 0 atom stereocenters. The summed E-state index contributed by atoms with van der Waals surface area (Å²) in [6.07, 6.45) is 0. The minimum Gasteiger partial charge on any atom is -0.437 e. The van der Waals surface area contributed by atoms with Gasteiger partial charge in [-0.15, -0.1) is 0 Å². The molecule has 3 aromatic rings. The van der Waals surface area contributed by atoms with Gasteiger partial charge in [-0.25, -0.2) is 4.98 Å². The molecule has 0 amide bonds. The Bertz CT molecular complexity index is 869. The number of aromatic nitrogens is 1. The Labute approximate surface area is 117 Å². The number of pyridine rings is 1. The van der Waals surface area contributed by atoms with Gasteiger partial charge >= 0.3 is 0 Å². The highest BCUT2D eigenvalue weighted by Gasteiger charge is 2.23. The topological polar surface area (TPSA) is 26.0 Å². The minimum atomic E-state index is -2.23. The third-order valence-electron chi connectivity index (χ3n) is 3.47. The molecule has 0 spiro atoms. The molecule has 1 aromatic carbocycles. The molecule has 3 rings (SSSR count). The zero-order valence-corrected chi connectivity index (χ0v) is 11.7. The molecule has 0 aliphatic heterocycles. The zero-order chi connectivity index (χ0) is 16.3. The highest BCUT2D eigenvalue weighted by molar-refractivity contribution is 6.05. The van der Waals surface area contributed by atoms with E-state index in [0.717, 1.165) is 27.5 Å². The van der Waals surface area contributed by atoms with Crippen molar-refractivity contribution in [2.45, 2.75) is 40.0 Å². The van der Waals surface area contributed by atoms with Gasteiger partial charge in [-0.2, -0.15) is 0 Å². The maximum Gasteiger partial charge on any atom is 0.227 e. The summed E-state index contributed by atoms with van der Waals surface area (Å²) in [4.78, 5) is 4.21. The Morgan fingerprint density at radius 1 is 1.11 bits per heavy atom. The second-order valence-electron chi connectivity index (χ2n) is 6.04. The number of hydrogen-bond donors (Lipinski definition) is 0. The molecule has 2 nitrogen and oxygen atoms in total. The van der Waals surface area contributed by atoms with Crippen molar-refractivity contribution < 1.29 is 8.53 Å². The van der Waals surface area contributed by atoms with Gasteiger partial charge < -0.3 is 4.42 Å². The summed E-state index contributed by atoms with van der Waals surface area (Å²) in [7, 11) is 0. The lowest BCUT2D eigenvalue weighted by molar-refractivity contribution is 0.566. The highest BCUT2D eigenvalue weighted by atomic mass is 16.3. The standard InChI is InChI=1S/C17H19NO/c1-10-6-8-12-13-9-7-11(2)18-16(13)19-15(12)14(10)17(3,4)5/h6-9H,1-5H3/i2D3. The molecule has 0 unspecified atom stereocenters. The van der Waals surface area contributed by atoms with E-state index >= 15 is 0 Å². The Morgan fingerprint density at radius 3 is 2.53 bits per heavy atom.